The predicted molar refractivity (Wildman–Crippen MR) is 90.5 cm³/mol. The highest BCUT2D eigenvalue weighted by Crippen LogP contribution is 2.33. The second kappa shape index (κ2) is 7.04. The molecule has 1 aliphatic heterocycles. The molecule has 124 valence electrons. The Balaban J connectivity index is 1.54. The van der Waals surface area contributed by atoms with Crippen LogP contribution in [0.15, 0.2) is 48.5 Å². The Morgan fingerprint density at radius 3 is 2.83 bits per heavy atom. The molecule has 0 saturated carbocycles. The fourth-order valence-corrected chi connectivity index (χ4v) is 2.36. The number of ether oxygens (including phenoxy) is 2. The van der Waals surface area contributed by atoms with E-state index in [1.54, 1.807) is 25.2 Å². The molecule has 2 amide bonds. The van der Waals surface area contributed by atoms with Crippen LogP contribution in [0.4, 0.5) is 11.4 Å². The van der Waals surface area contributed by atoms with E-state index >= 15 is 0 Å². The van der Waals surface area contributed by atoms with Crippen molar-refractivity contribution in [3.8, 4) is 11.5 Å². The molecular weight excluding hydrogens is 308 g/mol. The third kappa shape index (κ3) is 3.65. The van der Waals surface area contributed by atoms with Crippen molar-refractivity contribution in [2.45, 2.75) is 6.42 Å². The number of hydrogen-bond acceptors (Lipinski definition) is 4. The Morgan fingerprint density at radius 2 is 2.04 bits per heavy atom. The number of amides is 2. The van der Waals surface area contributed by atoms with E-state index < -0.39 is 0 Å². The molecule has 2 aromatic rings. The SMILES string of the molecule is CN1C(=O)COc2cc(NC(=O)CCOc3ccccc3)ccc21. The fourth-order valence-electron chi connectivity index (χ4n) is 2.36. The standard InChI is InChI=1S/C18H18N2O4/c1-20-15-8-7-13(11-16(15)24-12-18(20)22)19-17(21)9-10-23-14-5-3-2-4-6-14/h2-8,11H,9-10,12H2,1H3,(H,19,21). The van der Waals surface area contributed by atoms with Crippen LogP contribution in [-0.4, -0.2) is 32.1 Å². The van der Waals surface area contributed by atoms with E-state index in [1.165, 1.54) is 4.90 Å². The lowest BCUT2D eigenvalue weighted by molar-refractivity contribution is -0.121. The van der Waals surface area contributed by atoms with Gasteiger partial charge in [0.25, 0.3) is 5.91 Å². The number of benzene rings is 2. The van der Waals surface area contributed by atoms with E-state index in [0.29, 0.717) is 23.7 Å². The Hall–Kier alpha value is -3.02. The summed E-state index contributed by atoms with van der Waals surface area (Å²) < 4.78 is 10.9. The number of nitrogens with zero attached hydrogens (tertiary/aromatic N) is 1. The van der Waals surface area contributed by atoms with Gasteiger partial charge in [-0.2, -0.15) is 0 Å². The second-order valence-corrected chi connectivity index (χ2v) is 5.38. The van der Waals surface area contributed by atoms with Crippen molar-refractivity contribution < 1.29 is 19.1 Å². The Labute approximate surface area is 140 Å². The Kier molecular flexibility index (Phi) is 4.65. The quantitative estimate of drug-likeness (QED) is 0.916. The van der Waals surface area contributed by atoms with Crippen LogP contribution in [0.2, 0.25) is 0 Å². The minimum atomic E-state index is -0.147. The van der Waals surface area contributed by atoms with Gasteiger partial charge in [0.1, 0.15) is 11.5 Å². The highest BCUT2D eigenvalue weighted by atomic mass is 16.5. The van der Waals surface area contributed by atoms with Crippen LogP contribution in [0.25, 0.3) is 0 Å². The van der Waals surface area contributed by atoms with Gasteiger partial charge in [-0.15, -0.1) is 0 Å². The van der Waals surface area contributed by atoms with Crippen LogP contribution in [0, 0.1) is 0 Å². The van der Waals surface area contributed by atoms with Gasteiger partial charge in [0.15, 0.2) is 6.61 Å². The number of likely N-dealkylation sites (N-methyl/N-ethyl adjacent to an activating group) is 1. The number of fused-ring (bicyclic) bond motifs is 1. The summed E-state index contributed by atoms with van der Waals surface area (Å²) >= 11 is 0. The van der Waals surface area contributed by atoms with E-state index in [9.17, 15) is 9.59 Å². The summed E-state index contributed by atoms with van der Waals surface area (Å²) in [4.78, 5) is 25.1. The second-order valence-electron chi connectivity index (χ2n) is 5.38. The molecular formula is C18H18N2O4. The van der Waals surface area contributed by atoms with Gasteiger partial charge in [-0.25, -0.2) is 0 Å². The molecule has 3 rings (SSSR count). The van der Waals surface area contributed by atoms with Crippen molar-refractivity contribution in [3.05, 3.63) is 48.5 Å². The van der Waals surface area contributed by atoms with Gasteiger partial charge < -0.3 is 19.7 Å². The first-order valence-corrected chi connectivity index (χ1v) is 7.64. The van der Waals surface area contributed by atoms with Gasteiger partial charge in [-0.05, 0) is 24.3 Å². The summed E-state index contributed by atoms with van der Waals surface area (Å²) in [6, 6.07) is 14.6. The molecule has 24 heavy (non-hydrogen) atoms. The number of para-hydroxylation sites is 1. The summed E-state index contributed by atoms with van der Waals surface area (Å²) in [5, 5.41) is 2.80. The van der Waals surface area contributed by atoms with Crippen molar-refractivity contribution in [2.24, 2.45) is 0 Å². The molecule has 1 N–H and O–H groups in total. The van der Waals surface area contributed by atoms with Gasteiger partial charge >= 0.3 is 0 Å². The zero-order valence-electron chi connectivity index (χ0n) is 13.3. The summed E-state index contributed by atoms with van der Waals surface area (Å²) in [6.45, 7) is 0.306. The smallest absolute Gasteiger partial charge is 0.264 e. The lowest BCUT2D eigenvalue weighted by Crippen LogP contribution is -2.35. The molecule has 0 bridgehead atoms. The van der Waals surface area contributed by atoms with Crippen LogP contribution >= 0.6 is 0 Å². The fraction of sp³-hybridized carbons (Fsp3) is 0.222. The van der Waals surface area contributed by atoms with Crippen molar-refractivity contribution >= 4 is 23.2 Å². The van der Waals surface area contributed by atoms with Crippen molar-refractivity contribution in [3.63, 3.8) is 0 Å². The number of hydrogen-bond donors (Lipinski definition) is 1. The van der Waals surface area contributed by atoms with Gasteiger partial charge in [0.2, 0.25) is 5.91 Å². The third-order valence-corrected chi connectivity index (χ3v) is 3.67. The molecule has 0 radical (unpaired) electrons. The van der Waals surface area contributed by atoms with E-state index in [2.05, 4.69) is 5.32 Å². The van der Waals surface area contributed by atoms with Crippen LogP contribution in [0.1, 0.15) is 6.42 Å². The van der Waals surface area contributed by atoms with E-state index in [-0.39, 0.29) is 24.8 Å². The minimum absolute atomic E-state index is 0.00577. The molecule has 0 fully saturated rings. The number of anilines is 2. The maximum Gasteiger partial charge on any atom is 0.264 e. The van der Waals surface area contributed by atoms with Crippen LogP contribution in [0.3, 0.4) is 0 Å². The minimum Gasteiger partial charge on any atom is -0.493 e. The molecule has 0 spiro atoms. The zero-order chi connectivity index (χ0) is 16.9. The number of carbonyl (C=O) groups is 2. The molecule has 6 nitrogen and oxygen atoms in total. The first kappa shape index (κ1) is 15.9. The zero-order valence-corrected chi connectivity index (χ0v) is 13.3. The van der Waals surface area contributed by atoms with Gasteiger partial charge in [0, 0.05) is 18.8 Å². The highest BCUT2D eigenvalue weighted by molar-refractivity contribution is 5.98. The van der Waals surface area contributed by atoms with Crippen molar-refractivity contribution in [1.82, 2.24) is 0 Å². The van der Waals surface area contributed by atoms with E-state index in [4.69, 9.17) is 9.47 Å². The molecule has 1 heterocycles. The maximum atomic E-state index is 12.0. The van der Waals surface area contributed by atoms with Gasteiger partial charge in [-0.3, -0.25) is 9.59 Å². The average molecular weight is 326 g/mol. The van der Waals surface area contributed by atoms with Crippen molar-refractivity contribution in [2.75, 3.05) is 30.5 Å². The molecule has 0 atom stereocenters. The predicted octanol–water partition coefficient (Wildman–Crippen LogP) is 2.45. The summed E-state index contributed by atoms with van der Waals surface area (Å²) in [6.07, 6.45) is 0.241. The lowest BCUT2D eigenvalue weighted by Gasteiger charge is -2.26. The van der Waals surface area contributed by atoms with E-state index in [0.717, 1.165) is 5.75 Å². The van der Waals surface area contributed by atoms with Crippen LogP contribution < -0.4 is 19.7 Å². The van der Waals surface area contributed by atoms with Crippen LogP contribution in [0.5, 0.6) is 11.5 Å². The largest absolute Gasteiger partial charge is 0.493 e. The summed E-state index contributed by atoms with van der Waals surface area (Å²) in [7, 11) is 1.70. The Morgan fingerprint density at radius 1 is 1.25 bits per heavy atom. The third-order valence-electron chi connectivity index (χ3n) is 3.67. The monoisotopic (exact) mass is 326 g/mol. The first-order chi connectivity index (χ1) is 11.6. The van der Waals surface area contributed by atoms with Gasteiger partial charge in [-0.1, -0.05) is 18.2 Å². The molecule has 0 saturated heterocycles. The summed E-state index contributed by atoms with van der Waals surface area (Å²) in [5.41, 5.74) is 1.32. The van der Waals surface area contributed by atoms with Crippen molar-refractivity contribution in [1.29, 1.82) is 0 Å². The number of carbonyl (C=O) groups excluding carboxylic acids is 2. The van der Waals surface area contributed by atoms with E-state index in [1.807, 2.05) is 30.3 Å². The topological polar surface area (TPSA) is 67.9 Å². The molecule has 0 unspecified atom stereocenters. The molecule has 0 aliphatic carbocycles. The normalized spacial score (nSPS) is 13.0. The highest BCUT2D eigenvalue weighted by Gasteiger charge is 2.22. The number of nitrogens with one attached hydrogen (secondary N) is 1. The number of rotatable bonds is 5. The van der Waals surface area contributed by atoms with Crippen LogP contribution in [-0.2, 0) is 9.59 Å². The molecule has 2 aromatic carbocycles. The summed E-state index contributed by atoms with van der Waals surface area (Å²) in [5.74, 6) is 1.07. The maximum absolute atomic E-state index is 12.0. The Bertz CT molecular complexity index is 746. The first-order valence-electron chi connectivity index (χ1n) is 7.64. The lowest BCUT2D eigenvalue weighted by atomic mass is 10.2. The average Bonchev–Trinajstić information content (AvgIpc) is 2.59. The molecule has 0 aromatic heterocycles. The molecule has 6 heteroatoms. The molecule has 1 aliphatic rings. The van der Waals surface area contributed by atoms with Gasteiger partial charge in [0.05, 0.1) is 18.7 Å².